The van der Waals surface area contributed by atoms with Gasteiger partial charge in [-0.2, -0.15) is 0 Å². The Morgan fingerprint density at radius 2 is 1.77 bits per heavy atom. The van der Waals surface area contributed by atoms with Crippen molar-refractivity contribution in [3.63, 3.8) is 0 Å². The third-order valence-corrected chi connectivity index (χ3v) is 20.0. The van der Waals surface area contributed by atoms with Gasteiger partial charge in [-0.25, -0.2) is 0 Å². The second kappa shape index (κ2) is 24.7. The molecule has 14 N–H and O–H groups in total. The number of ketones is 2. The van der Waals surface area contributed by atoms with E-state index in [1.54, 1.807) is 12.1 Å². The van der Waals surface area contributed by atoms with Gasteiger partial charge in [-0.3, -0.25) is 30.8 Å². The van der Waals surface area contributed by atoms with Gasteiger partial charge in [-0.05, 0) is 96.5 Å². The number of aliphatic hydroxyl groups is 5. The van der Waals surface area contributed by atoms with Crippen molar-refractivity contribution in [2.75, 3.05) is 44.5 Å². The van der Waals surface area contributed by atoms with Crippen molar-refractivity contribution in [1.82, 2.24) is 26.6 Å². The quantitative estimate of drug-likeness (QED) is 0.0534. The standard InChI is InChI=1S/C68H76N8O14/c69-63-54-42(17-20-71-63)48-31-88-61-62(83)68(85)19-16-37(23-34-6-5-7-35(22-34)24-39(48)26-49(54)73-40-8-1-2-9-40)51(80)15-13-38-29-86-32-52(68)89-66(61)90-59-47(53(38)44-10-3-4-11-50(44)76-33-72-56-64(76)74-67(70)75-65(56)84)27-46-55(60(59)87-30-41(79)18-21-77)58(82)45-25-36(28-78)12-14-43(45)57(46)81/h3-7,10-12,14,17,21-22,25-27,37-38,40-41,48-49,51-53,56,61-62,64,66-67,71-74,78-80,83,85H,1-2,8-9,13,15,18,20,23-24,28-33,69-70H2,(H,75,84). The van der Waals surface area contributed by atoms with Crippen LogP contribution in [-0.2, 0) is 43.2 Å². The Labute approximate surface area is 520 Å². The van der Waals surface area contributed by atoms with Gasteiger partial charge >= 0.3 is 0 Å². The summed E-state index contributed by atoms with van der Waals surface area (Å²) < 4.78 is 35.1. The molecule has 4 aromatic carbocycles. The van der Waals surface area contributed by atoms with Crippen molar-refractivity contribution in [2.45, 2.75) is 143 Å². The number of ether oxygens (including phenoxy) is 5. The molecule has 14 rings (SSSR count). The zero-order valence-electron chi connectivity index (χ0n) is 49.6. The molecule has 4 fully saturated rings. The fourth-order valence-electron chi connectivity index (χ4n) is 15.4. The predicted octanol–water partition coefficient (Wildman–Crippen LogP) is 1.40. The van der Waals surface area contributed by atoms with Crippen molar-refractivity contribution in [3.05, 3.63) is 158 Å². The van der Waals surface area contributed by atoms with Gasteiger partial charge in [-0.15, -0.1) is 0 Å². The fraction of sp³-hybridized carbons (Fsp3) is 0.471. The first-order valence-corrected chi connectivity index (χ1v) is 31.5. The average molecular weight is 1230 g/mol. The minimum atomic E-state index is -2.46. The SMILES string of the molecule is NC1=C2C(=CCN1)C1COC3C4Oc5c(cc6c(c5OCC(O)CC=O)C(=O)c5cc(CO)ccc5C6=O)C(c5ccccc5N5CNC6C(=O)NC(N)NC65)C5CCC(O)C(C#CC(O)(C(COC5)O4)C3O)Cc3cccc(c3)CC1=CC2NC1CCCC1. The number of hydrogen-bond acceptors (Lipinski definition) is 21. The van der Waals surface area contributed by atoms with Crippen molar-refractivity contribution < 1.29 is 68.4 Å². The lowest BCUT2D eigenvalue weighted by Gasteiger charge is -2.47. The molecule has 15 unspecified atom stereocenters. The minimum Gasteiger partial charge on any atom is -0.486 e. The molecule has 0 spiro atoms. The van der Waals surface area contributed by atoms with Gasteiger partial charge in [0.2, 0.25) is 12.2 Å². The van der Waals surface area contributed by atoms with Crippen LogP contribution in [-0.4, -0.2) is 162 Å². The topological polar surface area (TPSA) is 331 Å². The zero-order chi connectivity index (χ0) is 62.1. The molecule has 7 heterocycles. The van der Waals surface area contributed by atoms with E-state index in [-0.39, 0.29) is 109 Å². The molecule has 4 aromatic rings. The van der Waals surface area contributed by atoms with Crippen LogP contribution in [0.15, 0.2) is 107 Å². The molecule has 3 aliphatic carbocycles. The number of rotatable bonds is 10. The van der Waals surface area contributed by atoms with Crippen LogP contribution in [0.5, 0.6) is 11.5 Å². The number of carbonyl (C=O) groups excluding carboxylic acids is 4. The van der Waals surface area contributed by atoms with Gasteiger partial charge in [0, 0.05) is 64.4 Å². The highest BCUT2D eigenvalue weighted by Gasteiger charge is 2.58. The Hall–Kier alpha value is -7.34. The maximum Gasteiger partial charge on any atom is 0.242 e. The lowest BCUT2D eigenvalue weighted by molar-refractivity contribution is -0.309. The smallest absolute Gasteiger partial charge is 0.242 e. The van der Waals surface area contributed by atoms with Crippen LogP contribution in [0, 0.1) is 29.6 Å². The molecule has 0 radical (unpaired) electrons. The van der Waals surface area contributed by atoms with Gasteiger partial charge in [-0.1, -0.05) is 90.9 Å². The molecule has 0 aromatic heterocycles. The maximum atomic E-state index is 15.6. The molecule has 15 atom stereocenters. The first-order valence-electron chi connectivity index (χ1n) is 31.5. The maximum absolute atomic E-state index is 15.6. The predicted molar refractivity (Wildman–Crippen MR) is 326 cm³/mol. The Morgan fingerprint density at radius 1 is 0.933 bits per heavy atom. The van der Waals surface area contributed by atoms with E-state index in [0.29, 0.717) is 41.9 Å². The Balaban J connectivity index is 1.01. The number of benzene rings is 4. The number of amides is 1. The Bertz CT molecular complexity index is 3690. The normalized spacial score (nSPS) is 32.5. The fourth-order valence-corrected chi connectivity index (χ4v) is 15.4. The van der Waals surface area contributed by atoms with Crippen LogP contribution in [0.2, 0.25) is 0 Å². The Kier molecular flexibility index (Phi) is 16.5. The number of nitrogens with zero attached hydrogens (tertiary/aromatic N) is 1. The largest absolute Gasteiger partial charge is 0.486 e. The number of nitrogens with two attached hydrogens (primary N) is 2. The molecule has 3 saturated heterocycles. The van der Waals surface area contributed by atoms with Crippen molar-refractivity contribution >= 4 is 29.4 Å². The van der Waals surface area contributed by atoms with E-state index in [1.165, 1.54) is 12.1 Å². The minimum absolute atomic E-state index is 0.0331. The number of dihydropyridines is 1. The van der Waals surface area contributed by atoms with E-state index < -0.39 is 109 Å². The van der Waals surface area contributed by atoms with Gasteiger partial charge in [0.05, 0.1) is 62.8 Å². The molecule has 8 bridgehead atoms. The van der Waals surface area contributed by atoms with E-state index in [9.17, 15) is 35.1 Å². The molecular weight excluding hydrogens is 1150 g/mol. The van der Waals surface area contributed by atoms with E-state index in [1.807, 2.05) is 41.3 Å². The van der Waals surface area contributed by atoms with Crippen molar-refractivity contribution in [2.24, 2.45) is 29.2 Å². The van der Waals surface area contributed by atoms with Crippen LogP contribution in [0.4, 0.5) is 5.69 Å². The van der Waals surface area contributed by atoms with E-state index in [4.69, 9.17) is 35.2 Å². The third kappa shape index (κ3) is 10.9. The number of aliphatic hydroxyl groups excluding tert-OH is 4. The lowest BCUT2D eigenvalue weighted by Crippen LogP contribution is -2.70. The highest BCUT2D eigenvalue weighted by atomic mass is 16.7. The summed E-state index contributed by atoms with van der Waals surface area (Å²) in [5.41, 5.74) is 17.1. The molecule has 10 aliphatic rings. The van der Waals surface area contributed by atoms with Gasteiger partial charge < -0.3 is 80.6 Å². The van der Waals surface area contributed by atoms with Crippen molar-refractivity contribution in [3.8, 4) is 23.3 Å². The summed E-state index contributed by atoms with van der Waals surface area (Å²) in [7, 11) is 0. The number of anilines is 1. The van der Waals surface area contributed by atoms with E-state index >= 15 is 9.59 Å². The molecule has 7 aliphatic heterocycles. The highest BCUT2D eigenvalue weighted by molar-refractivity contribution is 6.29. The van der Waals surface area contributed by atoms with E-state index in [0.717, 1.165) is 53.5 Å². The number of nitrogens with one attached hydrogen (secondary N) is 5. The first-order chi connectivity index (χ1) is 43.7. The van der Waals surface area contributed by atoms with Crippen LogP contribution in [0.1, 0.15) is 111 Å². The van der Waals surface area contributed by atoms with Crippen LogP contribution >= 0.6 is 0 Å². The monoisotopic (exact) mass is 1230 g/mol. The summed E-state index contributed by atoms with van der Waals surface area (Å²) in [6.45, 7) is -0.992. The van der Waals surface area contributed by atoms with Gasteiger partial charge in [0.1, 0.15) is 55.5 Å². The number of hydrogen-bond donors (Lipinski definition) is 12. The number of carbonyl (C=O) groups is 4. The molecule has 1 saturated carbocycles. The average Bonchev–Trinajstić information content (AvgIpc) is 0.869. The molecular formula is C68H76N8O14. The second-order valence-corrected chi connectivity index (χ2v) is 25.5. The number of fused-ring (bicyclic) bond motifs is 16. The van der Waals surface area contributed by atoms with Gasteiger partial charge in [0.25, 0.3) is 0 Å². The third-order valence-electron chi connectivity index (χ3n) is 20.0. The van der Waals surface area contributed by atoms with E-state index in [2.05, 4.69) is 62.7 Å². The summed E-state index contributed by atoms with van der Waals surface area (Å²) in [5, 5.41) is 78.1. The Morgan fingerprint density at radius 3 is 2.60 bits per heavy atom. The summed E-state index contributed by atoms with van der Waals surface area (Å²) in [6, 6.07) is 21.1. The summed E-state index contributed by atoms with van der Waals surface area (Å²) >= 11 is 0. The number of para-hydroxylation sites is 1. The molecule has 90 heavy (non-hydrogen) atoms. The number of aldehydes is 1. The zero-order valence-corrected chi connectivity index (χ0v) is 49.6. The lowest BCUT2D eigenvalue weighted by atomic mass is 9.74. The van der Waals surface area contributed by atoms with Crippen molar-refractivity contribution in [1.29, 1.82) is 0 Å². The first kappa shape index (κ1) is 60.2. The second-order valence-electron chi connectivity index (χ2n) is 25.5. The molecule has 472 valence electrons. The van der Waals surface area contributed by atoms with Crippen LogP contribution in [0.25, 0.3) is 0 Å². The molecule has 1 amide bonds. The highest BCUT2D eigenvalue weighted by Crippen LogP contribution is 2.53. The molecule has 22 heteroatoms. The summed E-state index contributed by atoms with van der Waals surface area (Å²) in [6.07, 6.45) is -1.05. The molecule has 22 nitrogen and oxygen atoms in total. The van der Waals surface area contributed by atoms with Crippen LogP contribution < -0.4 is 52.4 Å². The van der Waals surface area contributed by atoms with Gasteiger partial charge in [0.15, 0.2) is 28.7 Å². The summed E-state index contributed by atoms with van der Waals surface area (Å²) in [5.74, 6) is 1.83. The summed E-state index contributed by atoms with van der Waals surface area (Å²) in [4.78, 5) is 58.6. The van der Waals surface area contributed by atoms with Crippen LogP contribution in [0.3, 0.4) is 0 Å².